The highest BCUT2D eigenvalue weighted by Crippen LogP contribution is 2.26. The van der Waals surface area contributed by atoms with E-state index in [0.29, 0.717) is 16.6 Å². The molecule has 7 heteroatoms. The number of benzene rings is 3. The van der Waals surface area contributed by atoms with E-state index in [1.807, 2.05) is 48.7 Å². The van der Waals surface area contributed by atoms with Crippen molar-refractivity contribution in [1.82, 2.24) is 14.5 Å². The van der Waals surface area contributed by atoms with Gasteiger partial charge in [0.15, 0.2) is 0 Å². The molecule has 5 nitrogen and oxygen atoms in total. The van der Waals surface area contributed by atoms with Gasteiger partial charge < -0.3 is 14.5 Å². The van der Waals surface area contributed by atoms with Gasteiger partial charge in [-0.3, -0.25) is 4.99 Å². The highest BCUT2D eigenvalue weighted by molar-refractivity contribution is 6.35. The van der Waals surface area contributed by atoms with E-state index >= 15 is 0 Å². The third-order valence-electron chi connectivity index (χ3n) is 5.03. The third kappa shape index (κ3) is 3.54. The van der Waals surface area contributed by atoms with E-state index in [4.69, 9.17) is 23.2 Å². The molecule has 0 saturated carbocycles. The molecule has 0 amide bonds. The maximum absolute atomic E-state index is 11.5. The van der Waals surface area contributed by atoms with Crippen LogP contribution in [-0.4, -0.2) is 20.7 Å². The van der Waals surface area contributed by atoms with Crippen molar-refractivity contribution < 1.29 is 0 Å². The van der Waals surface area contributed by atoms with E-state index in [9.17, 15) is 4.79 Å². The second-order valence-corrected chi connectivity index (χ2v) is 7.88. The molecule has 2 N–H and O–H groups in total. The number of hydrogen-bond donors (Lipinski definition) is 2. The summed E-state index contributed by atoms with van der Waals surface area (Å²) in [5, 5.41) is 2.36. The molecule has 0 fully saturated rings. The minimum atomic E-state index is -0.227. The Hall–Kier alpha value is -3.28. The number of para-hydroxylation sites is 1. The van der Waals surface area contributed by atoms with Crippen LogP contribution in [0, 0.1) is 0 Å². The zero-order valence-corrected chi connectivity index (χ0v) is 17.2. The van der Waals surface area contributed by atoms with Gasteiger partial charge in [0.2, 0.25) is 0 Å². The molecule has 5 aromatic rings. The minimum absolute atomic E-state index is 0.227. The number of rotatable bonds is 4. The van der Waals surface area contributed by atoms with Gasteiger partial charge >= 0.3 is 5.69 Å². The van der Waals surface area contributed by atoms with Crippen molar-refractivity contribution in [3.63, 3.8) is 0 Å². The van der Waals surface area contributed by atoms with Gasteiger partial charge in [0, 0.05) is 45.5 Å². The number of aliphatic imine (C=N–C) groups is 1. The molecule has 2 aromatic heterocycles. The first-order valence-corrected chi connectivity index (χ1v) is 10.1. The largest absolute Gasteiger partial charge is 0.342 e. The zero-order valence-electron chi connectivity index (χ0n) is 15.7. The van der Waals surface area contributed by atoms with Crippen molar-refractivity contribution in [2.45, 2.75) is 6.54 Å². The number of nitrogens with zero attached hydrogens (tertiary/aromatic N) is 2. The van der Waals surface area contributed by atoms with Crippen LogP contribution in [0.25, 0.3) is 21.9 Å². The van der Waals surface area contributed by atoms with Crippen molar-refractivity contribution in [1.29, 1.82) is 0 Å². The number of aromatic amines is 2. The van der Waals surface area contributed by atoms with Gasteiger partial charge in [0.25, 0.3) is 0 Å². The lowest BCUT2D eigenvalue weighted by molar-refractivity contribution is 0.836. The van der Waals surface area contributed by atoms with Gasteiger partial charge in [-0.25, -0.2) is 4.79 Å². The second-order valence-electron chi connectivity index (χ2n) is 7.03. The second kappa shape index (κ2) is 7.52. The van der Waals surface area contributed by atoms with Crippen molar-refractivity contribution in [3.8, 4) is 0 Å². The predicted octanol–water partition coefficient (Wildman–Crippen LogP) is 5.92. The standard InChI is InChI=1S/C23H16Cl2N4O/c24-16-6-5-14(19(25)9-16)12-29-13-15(18-3-1-2-4-22(18)29)11-26-17-7-8-20-21(10-17)28-23(30)27-20/h1-11,13H,12H2,(H2,27,28,30). The predicted molar refractivity (Wildman–Crippen MR) is 124 cm³/mol. The maximum atomic E-state index is 11.5. The Bertz CT molecular complexity index is 1480. The summed E-state index contributed by atoms with van der Waals surface area (Å²) >= 11 is 12.4. The number of hydrogen-bond acceptors (Lipinski definition) is 2. The molecule has 0 bridgehead atoms. The summed E-state index contributed by atoms with van der Waals surface area (Å²) in [6, 6.07) is 19.3. The third-order valence-corrected chi connectivity index (χ3v) is 5.61. The van der Waals surface area contributed by atoms with Crippen LogP contribution in [0.5, 0.6) is 0 Å². The van der Waals surface area contributed by atoms with Gasteiger partial charge in [0.05, 0.1) is 16.7 Å². The summed E-state index contributed by atoms with van der Waals surface area (Å²) in [6.45, 7) is 0.626. The lowest BCUT2D eigenvalue weighted by Gasteiger charge is -2.08. The Kier molecular flexibility index (Phi) is 4.69. The van der Waals surface area contributed by atoms with Crippen molar-refractivity contribution in [2.24, 2.45) is 4.99 Å². The molecule has 0 spiro atoms. The first-order chi connectivity index (χ1) is 14.6. The number of imidazole rings is 1. The van der Waals surface area contributed by atoms with Crippen LogP contribution < -0.4 is 5.69 Å². The molecule has 0 unspecified atom stereocenters. The van der Waals surface area contributed by atoms with Crippen LogP contribution in [0.15, 0.2) is 76.6 Å². The number of H-pyrrole nitrogens is 2. The van der Waals surface area contributed by atoms with E-state index in [0.717, 1.165) is 38.8 Å². The van der Waals surface area contributed by atoms with Crippen molar-refractivity contribution in [3.05, 3.63) is 98.5 Å². The van der Waals surface area contributed by atoms with E-state index in [-0.39, 0.29) is 5.69 Å². The Morgan fingerprint density at radius 3 is 2.67 bits per heavy atom. The number of fused-ring (bicyclic) bond motifs is 2. The normalized spacial score (nSPS) is 11.8. The number of nitrogens with one attached hydrogen (secondary N) is 2. The van der Waals surface area contributed by atoms with Crippen molar-refractivity contribution >= 4 is 57.0 Å². The first-order valence-electron chi connectivity index (χ1n) is 9.35. The SMILES string of the molecule is O=c1[nH]c2ccc(N=Cc3cn(Cc4ccc(Cl)cc4Cl)c4ccccc34)cc2[nH]1. The lowest BCUT2D eigenvalue weighted by Crippen LogP contribution is -1.99. The molecular formula is C23H16Cl2N4O. The van der Waals surface area contributed by atoms with Crippen LogP contribution in [0.4, 0.5) is 5.69 Å². The van der Waals surface area contributed by atoms with Gasteiger partial charge in [-0.15, -0.1) is 0 Å². The average molecular weight is 435 g/mol. The molecule has 0 saturated heterocycles. The molecule has 3 aromatic carbocycles. The van der Waals surface area contributed by atoms with Gasteiger partial charge in [-0.05, 0) is 42.0 Å². The van der Waals surface area contributed by atoms with E-state index in [2.05, 4.69) is 37.9 Å². The molecule has 0 aliphatic rings. The maximum Gasteiger partial charge on any atom is 0.323 e. The molecule has 0 aliphatic carbocycles. The lowest BCUT2D eigenvalue weighted by atomic mass is 10.2. The molecule has 0 aliphatic heterocycles. The summed E-state index contributed by atoms with van der Waals surface area (Å²) in [4.78, 5) is 21.6. The topological polar surface area (TPSA) is 65.9 Å². The van der Waals surface area contributed by atoms with E-state index in [1.165, 1.54) is 0 Å². The quantitative estimate of drug-likeness (QED) is 0.339. The van der Waals surface area contributed by atoms with Crippen LogP contribution in [0.2, 0.25) is 10.0 Å². The molecule has 2 heterocycles. The Morgan fingerprint density at radius 1 is 0.967 bits per heavy atom. The smallest absolute Gasteiger partial charge is 0.323 e. The molecule has 5 rings (SSSR count). The van der Waals surface area contributed by atoms with E-state index in [1.54, 1.807) is 6.07 Å². The first kappa shape index (κ1) is 18.7. The Morgan fingerprint density at radius 2 is 1.80 bits per heavy atom. The van der Waals surface area contributed by atoms with Gasteiger partial charge in [0.1, 0.15) is 0 Å². The highest BCUT2D eigenvalue weighted by atomic mass is 35.5. The van der Waals surface area contributed by atoms with Crippen LogP contribution in [0.3, 0.4) is 0 Å². The molecule has 0 radical (unpaired) electrons. The van der Waals surface area contributed by atoms with Gasteiger partial charge in [-0.2, -0.15) is 0 Å². The van der Waals surface area contributed by atoms with E-state index < -0.39 is 0 Å². The fourth-order valence-corrected chi connectivity index (χ4v) is 4.06. The molecule has 30 heavy (non-hydrogen) atoms. The summed E-state index contributed by atoms with van der Waals surface area (Å²) in [7, 11) is 0. The zero-order chi connectivity index (χ0) is 20.7. The van der Waals surface area contributed by atoms with Crippen molar-refractivity contribution in [2.75, 3.05) is 0 Å². The Balaban J connectivity index is 1.52. The molecular weight excluding hydrogens is 419 g/mol. The van der Waals surface area contributed by atoms with Crippen LogP contribution in [-0.2, 0) is 6.54 Å². The summed E-state index contributed by atoms with van der Waals surface area (Å²) < 4.78 is 2.15. The highest BCUT2D eigenvalue weighted by Gasteiger charge is 2.09. The number of aromatic nitrogens is 3. The van der Waals surface area contributed by atoms with Crippen LogP contribution >= 0.6 is 23.2 Å². The fraction of sp³-hybridized carbons (Fsp3) is 0.0435. The summed E-state index contributed by atoms with van der Waals surface area (Å²) in [6.07, 6.45) is 3.91. The van der Waals surface area contributed by atoms with Gasteiger partial charge in [-0.1, -0.05) is 47.5 Å². The average Bonchev–Trinajstić information content (AvgIpc) is 3.27. The number of halogens is 2. The Labute approximate surface area is 181 Å². The van der Waals surface area contributed by atoms with Crippen LogP contribution in [0.1, 0.15) is 11.1 Å². The summed E-state index contributed by atoms with van der Waals surface area (Å²) in [5.41, 5.74) is 5.11. The minimum Gasteiger partial charge on any atom is -0.342 e. The summed E-state index contributed by atoms with van der Waals surface area (Å²) in [5.74, 6) is 0. The monoisotopic (exact) mass is 434 g/mol. The molecule has 0 atom stereocenters. The fourth-order valence-electron chi connectivity index (χ4n) is 3.59. The molecule has 148 valence electrons.